The highest BCUT2D eigenvalue weighted by Gasteiger charge is 2.37. The first-order valence-electron chi connectivity index (χ1n) is 6.07. The lowest BCUT2D eigenvalue weighted by Gasteiger charge is -2.26. The third-order valence-electron chi connectivity index (χ3n) is 3.43. The topological polar surface area (TPSA) is 46.6 Å². The summed E-state index contributed by atoms with van der Waals surface area (Å²) < 4.78 is 5.32. The highest BCUT2D eigenvalue weighted by atomic mass is 35.5. The SMILES string of the molecule is COC(C)(C)CCN1C(=O)C(=O)c2cccc(Cl)c21. The Morgan fingerprint density at radius 1 is 1.32 bits per heavy atom. The molecule has 5 heteroatoms. The van der Waals surface area contributed by atoms with Crippen LogP contribution < -0.4 is 4.90 Å². The second-order valence-corrected chi connectivity index (χ2v) is 5.54. The van der Waals surface area contributed by atoms with Crippen molar-refractivity contribution in [2.75, 3.05) is 18.6 Å². The van der Waals surface area contributed by atoms with Gasteiger partial charge in [0.2, 0.25) is 0 Å². The number of amides is 1. The van der Waals surface area contributed by atoms with Crippen LogP contribution in [-0.4, -0.2) is 30.9 Å². The molecule has 19 heavy (non-hydrogen) atoms. The van der Waals surface area contributed by atoms with E-state index in [0.29, 0.717) is 29.2 Å². The standard InChI is InChI=1S/C14H16ClNO3/c1-14(2,19-3)7-8-16-11-9(12(17)13(16)18)5-4-6-10(11)15/h4-6H,7-8H2,1-3H3. The summed E-state index contributed by atoms with van der Waals surface area (Å²) in [6, 6.07) is 4.98. The number of ether oxygens (including phenoxy) is 1. The first-order chi connectivity index (χ1) is 8.87. The van der Waals surface area contributed by atoms with Crippen LogP contribution in [0.5, 0.6) is 0 Å². The average Bonchev–Trinajstić information content (AvgIpc) is 2.62. The summed E-state index contributed by atoms with van der Waals surface area (Å²) in [5, 5.41) is 0.423. The number of hydrogen-bond donors (Lipinski definition) is 0. The van der Waals surface area contributed by atoms with Crippen molar-refractivity contribution in [2.24, 2.45) is 0 Å². The predicted molar refractivity (Wildman–Crippen MR) is 73.8 cm³/mol. The highest BCUT2D eigenvalue weighted by Crippen LogP contribution is 2.36. The van der Waals surface area contributed by atoms with Crippen molar-refractivity contribution < 1.29 is 14.3 Å². The number of fused-ring (bicyclic) bond motifs is 1. The Balaban J connectivity index is 2.29. The minimum atomic E-state index is -0.519. The van der Waals surface area contributed by atoms with Crippen LogP contribution >= 0.6 is 11.6 Å². The number of rotatable bonds is 4. The molecule has 1 aliphatic rings. The second kappa shape index (κ2) is 4.94. The van der Waals surface area contributed by atoms with Gasteiger partial charge in [0.1, 0.15) is 0 Å². The van der Waals surface area contributed by atoms with Gasteiger partial charge in [0.15, 0.2) is 0 Å². The van der Waals surface area contributed by atoms with E-state index in [9.17, 15) is 9.59 Å². The van der Waals surface area contributed by atoms with E-state index in [1.165, 1.54) is 4.90 Å². The predicted octanol–water partition coefficient (Wildman–Crippen LogP) is 2.68. The van der Waals surface area contributed by atoms with Crippen molar-refractivity contribution in [1.29, 1.82) is 0 Å². The Hall–Kier alpha value is -1.39. The number of benzene rings is 1. The van der Waals surface area contributed by atoms with Crippen LogP contribution in [-0.2, 0) is 9.53 Å². The molecule has 0 radical (unpaired) electrons. The van der Waals surface area contributed by atoms with Crippen molar-refractivity contribution in [3.8, 4) is 0 Å². The Kier molecular flexibility index (Phi) is 3.65. The van der Waals surface area contributed by atoms with Crippen molar-refractivity contribution in [3.05, 3.63) is 28.8 Å². The molecule has 102 valence electrons. The molecule has 0 saturated heterocycles. The third kappa shape index (κ3) is 2.51. The summed E-state index contributed by atoms with van der Waals surface area (Å²) in [5.74, 6) is -1.01. The molecule has 0 saturated carbocycles. The maximum atomic E-state index is 12.0. The lowest BCUT2D eigenvalue weighted by molar-refractivity contribution is -0.114. The first kappa shape index (κ1) is 14.0. The molecule has 0 unspecified atom stereocenters. The summed E-state index contributed by atoms with van der Waals surface area (Å²) in [6.07, 6.45) is 0.618. The van der Waals surface area contributed by atoms with Gasteiger partial charge < -0.3 is 9.64 Å². The zero-order valence-electron chi connectivity index (χ0n) is 11.2. The van der Waals surface area contributed by atoms with Crippen molar-refractivity contribution in [1.82, 2.24) is 0 Å². The number of Topliss-reactive ketones (excluding diaryl/α,β-unsaturated/α-hetero) is 1. The van der Waals surface area contributed by atoms with Crippen LogP contribution in [0.2, 0.25) is 5.02 Å². The molecule has 1 aliphatic heterocycles. The molecule has 2 rings (SSSR count). The fourth-order valence-corrected chi connectivity index (χ4v) is 2.29. The molecule has 0 fully saturated rings. The lowest BCUT2D eigenvalue weighted by Crippen LogP contribution is -2.35. The smallest absolute Gasteiger partial charge is 0.299 e. The number of halogens is 1. The van der Waals surface area contributed by atoms with Gasteiger partial charge in [0.05, 0.1) is 21.9 Å². The molecule has 0 aliphatic carbocycles. The third-order valence-corrected chi connectivity index (χ3v) is 3.74. The number of carbonyl (C=O) groups excluding carboxylic acids is 2. The molecule has 0 spiro atoms. The van der Waals surface area contributed by atoms with Gasteiger partial charge in [-0.2, -0.15) is 0 Å². The van der Waals surface area contributed by atoms with Gasteiger partial charge in [0.25, 0.3) is 11.7 Å². The molecule has 1 heterocycles. The summed E-state index contributed by atoms with van der Waals surface area (Å²) in [6.45, 7) is 4.27. The maximum Gasteiger partial charge on any atom is 0.299 e. The van der Waals surface area contributed by atoms with Gasteiger partial charge in [-0.1, -0.05) is 17.7 Å². The summed E-state index contributed by atoms with van der Waals surface area (Å²) >= 11 is 6.10. The molecule has 1 aromatic rings. The van der Waals surface area contributed by atoms with Crippen LogP contribution in [0, 0.1) is 0 Å². The fraction of sp³-hybridized carbons (Fsp3) is 0.429. The van der Waals surface area contributed by atoms with Gasteiger partial charge in [-0.15, -0.1) is 0 Å². The Morgan fingerprint density at radius 2 is 2.00 bits per heavy atom. The van der Waals surface area contributed by atoms with Crippen LogP contribution in [0.1, 0.15) is 30.6 Å². The van der Waals surface area contributed by atoms with Gasteiger partial charge >= 0.3 is 0 Å². The van der Waals surface area contributed by atoms with Crippen molar-refractivity contribution >= 4 is 29.0 Å². The van der Waals surface area contributed by atoms with Gasteiger partial charge in [-0.05, 0) is 32.4 Å². The normalized spacial score (nSPS) is 15.1. The van der Waals surface area contributed by atoms with Crippen LogP contribution in [0.4, 0.5) is 5.69 Å². The van der Waals surface area contributed by atoms with Crippen LogP contribution in [0.15, 0.2) is 18.2 Å². The Bertz CT molecular complexity index is 539. The Labute approximate surface area is 117 Å². The number of methoxy groups -OCH3 is 1. The number of carbonyl (C=O) groups is 2. The molecule has 0 bridgehead atoms. The van der Waals surface area contributed by atoms with E-state index in [1.807, 2.05) is 13.8 Å². The maximum absolute atomic E-state index is 12.0. The van der Waals surface area contributed by atoms with Gasteiger partial charge in [-0.25, -0.2) is 0 Å². The molecular weight excluding hydrogens is 266 g/mol. The van der Waals surface area contributed by atoms with Crippen molar-refractivity contribution in [3.63, 3.8) is 0 Å². The van der Waals surface area contributed by atoms with E-state index in [0.717, 1.165) is 0 Å². The van der Waals surface area contributed by atoms with Crippen molar-refractivity contribution in [2.45, 2.75) is 25.9 Å². The van der Waals surface area contributed by atoms with E-state index < -0.39 is 11.7 Å². The lowest BCUT2D eigenvalue weighted by atomic mass is 10.1. The molecule has 0 atom stereocenters. The van der Waals surface area contributed by atoms with E-state index in [1.54, 1.807) is 25.3 Å². The zero-order valence-corrected chi connectivity index (χ0v) is 12.0. The monoisotopic (exact) mass is 281 g/mol. The largest absolute Gasteiger partial charge is 0.379 e. The van der Waals surface area contributed by atoms with Crippen LogP contribution in [0.25, 0.3) is 0 Å². The number of anilines is 1. The number of nitrogens with zero attached hydrogens (tertiary/aromatic N) is 1. The molecular formula is C14H16ClNO3. The quantitative estimate of drug-likeness (QED) is 0.797. The summed E-state index contributed by atoms with van der Waals surface area (Å²) in [4.78, 5) is 25.3. The molecule has 0 aromatic heterocycles. The van der Waals surface area contributed by atoms with Gasteiger partial charge in [-0.3, -0.25) is 9.59 Å². The van der Waals surface area contributed by atoms with E-state index >= 15 is 0 Å². The number of hydrogen-bond acceptors (Lipinski definition) is 3. The van der Waals surface area contributed by atoms with Crippen LogP contribution in [0.3, 0.4) is 0 Å². The molecule has 4 nitrogen and oxygen atoms in total. The van der Waals surface area contributed by atoms with E-state index in [-0.39, 0.29) is 5.60 Å². The van der Waals surface area contributed by atoms with E-state index in [2.05, 4.69) is 0 Å². The first-order valence-corrected chi connectivity index (χ1v) is 6.45. The highest BCUT2D eigenvalue weighted by molar-refractivity contribution is 6.54. The second-order valence-electron chi connectivity index (χ2n) is 5.14. The minimum Gasteiger partial charge on any atom is -0.379 e. The number of para-hydroxylation sites is 1. The average molecular weight is 282 g/mol. The molecule has 1 amide bonds. The fourth-order valence-electron chi connectivity index (χ4n) is 2.01. The number of ketones is 1. The van der Waals surface area contributed by atoms with Gasteiger partial charge in [0, 0.05) is 13.7 Å². The van der Waals surface area contributed by atoms with E-state index in [4.69, 9.17) is 16.3 Å². The molecule has 1 aromatic carbocycles. The summed E-state index contributed by atoms with van der Waals surface area (Å²) in [7, 11) is 1.62. The minimum absolute atomic E-state index is 0.354. The Morgan fingerprint density at radius 3 is 2.63 bits per heavy atom. The summed E-state index contributed by atoms with van der Waals surface area (Å²) in [5.41, 5.74) is 0.548. The zero-order chi connectivity index (χ0) is 14.2. The molecule has 0 N–H and O–H groups in total.